The van der Waals surface area contributed by atoms with Gasteiger partial charge in [0.05, 0.1) is 5.69 Å². The summed E-state index contributed by atoms with van der Waals surface area (Å²) in [6, 6.07) is 15.4. The molecule has 1 amide bonds. The minimum Gasteiger partial charge on any atom is -0.348 e. The highest BCUT2D eigenvalue weighted by Gasteiger charge is 2.08. The number of carbonyl (C=O) groups excluding carboxylic acids is 1. The van der Waals surface area contributed by atoms with Crippen molar-refractivity contribution in [1.82, 2.24) is 15.1 Å². The van der Waals surface area contributed by atoms with E-state index in [9.17, 15) is 9.18 Å². The zero-order valence-corrected chi connectivity index (χ0v) is 12.7. The van der Waals surface area contributed by atoms with Crippen LogP contribution in [0.3, 0.4) is 0 Å². The van der Waals surface area contributed by atoms with Gasteiger partial charge in [-0.2, -0.15) is 5.10 Å². The largest absolute Gasteiger partial charge is 0.348 e. The maximum Gasteiger partial charge on any atom is 0.251 e. The average molecular weight is 309 g/mol. The molecule has 1 N–H and O–H groups in total. The van der Waals surface area contributed by atoms with Crippen LogP contribution in [-0.4, -0.2) is 15.7 Å². The third-order valence-corrected chi connectivity index (χ3v) is 3.60. The molecule has 0 aliphatic rings. The summed E-state index contributed by atoms with van der Waals surface area (Å²) in [6.45, 7) is 2.12. The molecule has 2 aromatic carbocycles. The molecule has 1 aromatic heterocycles. The molecule has 0 unspecified atom stereocenters. The van der Waals surface area contributed by atoms with Crippen molar-refractivity contribution in [2.45, 2.75) is 13.5 Å². The van der Waals surface area contributed by atoms with Crippen LogP contribution in [0.15, 0.2) is 60.8 Å². The Morgan fingerprint density at radius 1 is 1.13 bits per heavy atom. The predicted octanol–water partition coefficient (Wildman–Crippen LogP) is 3.25. The standard InChI is InChI=1S/C18H16FN3O/c1-13-10-11-21-22(13)16-8-6-14(7-9-16)18(23)20-12-15-4-2-3-5-17(15)19/h2-11H,12H2,1H3,(H,20,23). The summed E-state index contributed by atoms with van der Waals surface area (Å²) in [7, 11) is 0. The van der Waals surface area contributed by atoms with Crippen LogP contribution in [0, 0.1) is 12.7 Å². The monoisotopic (exact) mass is 309 g/mol. The van der Waals surface area contributed by atoms with Gasteiger partial charge in [-0.15, -0.1) is 0 Å². The zero-order valence-electron chi connectivity index (χ0n) is 12.7. The second-order valence-electron chi connectivity index (χ2n) is 5.21. The number of aryl methyl sites for hydroxylation is 1. The van der Waals surface area contributed by atoms with Crippen LogP contribution < -0.4 is 5.32 Å². The van der Waals surface area contributed by atoms with Crippen molar-refractivity contribution in [1.29, 1.82) is 0 Å². The van der Waals surface area contributed by atoms with Gasteiger partial charge in [-0.05, 0) is 43.3 Å². The van der Waals surface area contributed by atoms with E-state index in [0.29, 0.717) is 11.1 Å². The van der Waals surface area contributed by atoms with E-state index < -0.39 is 0 Å². The molecular weight excluding hydrogens is 293 g/mol. The molecule has 3 rings (SSSR count). The SMILES string of the molecule is Cc1ccnn1-c1ccc(C(=O)NCc2ccccc2F)cc1. The van der Waals surface area contributed by atoms with Gasteiger partial charge in [0, 0.05) is 29.6 Å². The quantitative estimate of drug-likeness (QED) is 0.804. The average Bonchev–Trinajstić information content (AvgIpc) is 3.00. The summed E-state index contributed by atoms with van der Waals surface area (Å²) < 4.78 is 15.3. The summed E-state index contributed by atoms with van der Waals surface area (Å²) in [5.74, 6) is -0.561. The third kappa shape index (κ3) is 3.29. The lowest BCUT2D eigenvalue weighted by Gasteiger charge is -2.08. The molecule has 0 atom stereocenters. The van der Waals surface area contributed by atoms with E-state index in [1.807, 2.05) is 25.1 Å². The van der Waals surface area contributed by atoms with Crippen LogP contribution >= 0.6 is 0 Å². The van der Waals surface area contributed by atoms with Crippen molar-refractivity contribution in [3.05, 3.63) is 83.4 Å². The number of halogens is 1. The molecule has 1 heterocycles. The fraction of sp³-hybridized carbons (Fsp3) is 0.111. The van der Waals surface area contributed by atoms with Gasteiger partial charge in [0.15, 0.2) is 0 Å². The molecule has 0 aliphatic heterocycles. The molecule has 0 bridgehead atoms. The molecule has 3 aromatic rings. The lowest BCUT2D eigenvalue weighted by molar-refractivity contribution is 0.0950. The summed E-state index contributed by atoms with van der Waals surface area (Å²) in [4.78, 5) is 12.1. The second kappa shape index (κ2) is 6.44. The van der Waals surface area contributed by atoms with Gasteiger partial charge in [0.2, 0.25) is 0 Å². The Kier molecular flexibility index (Phi) is 4.19. The van der Waals surface area contributed by atoms with Gasteiger partial charge in [0.1, 0.15) is 5.82 Å². The maximum absolute atomic E-state index is 13.5. The van der Waals surface area contributed by atoms with E-state index in [1.165, 1.54) is 6.07 Å². The van der Waals surface area contributed by atoms with Gasteiger partial charge in [-0.25, -0.2) is 9.07 Å². The van der Waals surface area contributed by atoms with Crippen molar-refractivity contribution in [2.75, 3.05) is 0 Å². The normalized spacial score (nSPS) is 10.5. The van der Waals surface area contributed by atoms with Crippen LogP contribution in [0.25, 0.3) is 5.69 Å². The molecule has 0 saturated carbocycles. The Bertz CT molecular complexity index is 824. The molecule has 5 heteroatoms. The van der Waals surface area contributed by atoms with Crippen molar-refractivity contribution in [3.8, 4) is 5.69 Å². The highest BCUT2D eigenvalue weighted by molar-refractivity contribution is 5.94. The Balaban J connectivity index is 1.69. The van der Waals surface area contributed by atoms with E-state index in [1.54, 1.807) is 41.2 Å². The van der Waals surface area contributed by atoms with Gasteiger partial charge in [-0.3, -0.25) is 4.79 Å². The number of nitrogens with zero attached hydrogens (tertiary/aromatic N) is 2. The van der Waals surface area contributed by atoms with Crippen molar-refractivity contribution in [2.24, 2.45) is 0 Å². The Labute approximate surface area is 133 Å². The van der Waals surface area contributed by atoms with Crippen molar-refractivity contribution in [3.63, 3.8) is 0 Å². The smallest absolute Gasteiger partial charge is 0.251 e. The van der Waals surface area contributed by atoms with Gasteiger partial charge in [-0.1, -0.05) is 18.2 Å². The predicted molar refractivity (Wildman–Crippen MR) is 85.9 cm³/mol. The van der Waals surface area contributed by atoms with Crippen LogP contribution in [0.2, 0.25) is 0 Å². The number of benzene rings is 2. The minimum atomic E-state index is -0.322. The van der Waals surface area contributed by atoms with Crippen molar-refractivity contribution >= 4 is 5.91 Å². The fourth-order valence-corrected chi connectivity index (χ4v) is 2.31. The Morgan fingerprint density at radius 3 is 2.52 bits per heavy atom. The van der Waals surface area contributed by atoms with Crippen LogP contribution in [0.4, 0.5) is 4.39 Å². The molecule has 0 radical (unpaired) electrons. The van der Waals surface area contributed by atoms with Gasteiger partial charge in [0.25, 0.3) is 5.91 Å². The van der Waals surface area contributed by atoms with Crippen LogP contribution in [0.1, 0.15) is 21.6 Å². The lowest BCUT2D eigenvalue weighted by atomic mass is 10.1. The van der Waals surface area contributed by atoms with Crippen LogP contribution in [0.5, 0.6) is 0 Å². The molecule has 0 saturated heterocycles. The third-order valence-electron chi connectivity index (χ3n) is 3.60. The first-order chi connectivity index (χ1) is 11.1. The fourth-order valence-electron chi connectivity index (χ4n) is 2.31. The second-order valence-corrected chi connectivity index (χ2v) is 5.21. The topological polar surface area (TPSA) is 46.9 Å². The first-order valence-corrected chi connectivity index (χ1v) is 7.28. The minimum absolute atomic E-state index is 0.158. The maximum atomic E-state index is 13.5. The molecule has 0 aliphatic carbocycles. The number of aromatic nitrogens is 2. The van der Waals surface area contributed by atoms with E-state index in [0.717, 1.165) is 11.4 Å². The number of carbonyl (C=O) groups is 1. The van der Waals surface area contributed by atoms with E-state index >= 15 is 0 Å². The van der Waals surface area contributed by atoms with E-state index in [2.05, 4.69) is 10.4 Å². The van der Waals surface area contributed by atoms with Gasteiger partial charge >= 0.3 is 0 Å². The first-order valence-electron chi connectivity index (χ1n) is 7.28. The summed E-state index contributed by atoms with van der Waals surface area (Å²) >= 11 is 0. The van der Waals surface area contributed by atoms with E-state index in [4.69, 9.17) is 0 Å². The molecule has 0 spiro atoms. The van der Waals surface area contributed by atoms with Crippen LogP contribution in [-0.2, 0) is 6.54 Å². The zero-order chi connectivity index (χ0) is 16.2. The summed E-state index contributed by atoms with van der Waals surface area (Å²) in [5.41, 5.74) is 2.89. The Hall–Kier alpha value is -2.95. The molecule has 0 fully saturated rings. The van der Waals surface area contributed by atoms with E-state index in [-0.39, 0.29) is 18.3 Å². The van der Waals surface area contributed by atoms with Crippen molar-refractivity contribution < 1.29 is 9.18 Å². The highest BCUT2D eigenvalue weighted by atomic mass is 19.1. The lowest BCUT2D eigenvalue weighted by Crippen LogP contribution is -2.23. The number of amides is 1. The summed E-state index contributed by atoms with van der Waals surface area (Å²) in [6.07, 6.45) is 1.73. The number of hydrogen-bond donors (Lipinski definition) is 1. The number of rotatable bonds is 4. The van der Waals surface area contributed by atoms with Gasteiger partial charge < -0.3 is 5.32 Å². The summed E-state index contributed by atoms with van der Waals surface area (Å²) in [5, 5.41) is 6.94. The molecular formula is C18H16FN3O. The number of hydrogen-bond acceptors (Lipinski definition) is 2. The molecule has 4 nitrogen and oxygen atoms in total. The highest BCUT2D eigenvalue weighted by Crippen LogP contribution is 2.12. The Morgan fingerprint density at radius 2 is 1.87 bits per heavy atom. The number of nitrogens with one attached hydrogen (secondary N) is 1. The molecule has 23 heavy (non-hydrogen) atoms. The first kappa shape index (κ1) is 15.0. The molecule has 116 valence electrons.